The van der Waals surface area contributed by atoms with E-state index in [1.54, 1.807) is 42.5 Å². The molecular weight excluding hydrogens is 519 g/mol. The minimum atomic E-state index is -0.774. The number of urea groups is 1. The SMILES string of the molecule is O=C1NC(=O)N(c2ccc(C34CC5CC(CC(C5)C3)C4)cc2)C(=O)/C1=C/c1ccccc1OCc1ccccc1F. The largest absolute Gasteiger partial charge is 0.488 e. The maximum atomic E-state index is 14.1. The van der Waals surface area contributed by atoms with Crippen LogP contribution in [0.1, 0.15) is 55.2 Å². The number of imide groups is 2. The first-order chi connectivity index (χ1) is 19.9. The Morgan fingerprint density at radius 1 is 0.854 bits per heavy atom. The molecule has 7 heteroatoms. The summed E-state index contributed by atoms with van der Waals surface area (Å²) in [5.74, 6) is 0.962. The molecule has 0 atom stereocenters. The van der Waals surface area contributed by atoms with Crippen LogP contribution in [0.15, 0.2) is 78.4 Å². The van der Waals surface area contributed by atoms with Crippen LogP contribution in [0, 0.1) is 23.6 Å². The monoisotopic (exact) mass is 550 g/mol. The number of nitrogens with zero attached hydrogens (tertiary/aromatic N) is 1. The summed E-state index contributed by atoms with van der Waals surface area (Å²) in [5, 5.41) is 2.31. The van der Waals surface area contributed by atoms with E-state index in [0.717, 1.165) is 22.7 Å². The predicted octanol–water partition coefficient (Wildman–Crippen LogP) is 6.54. The zero-order valence-electron chi connectivity index (χ0n) is 22.6. The average Bonchev–Trinajstić information content (AvgIpc) is 2.95. The van der Waals surface area contributed by atoms with Crippen molar-refractivity contribution in [2.75, 3.05) is 4.90 Å². The van der Waals surface area contributed by atoms with Crippen LogP contribution in [-0.4, -0.2) is 17.8 Å². The molecule has 5 aliphatic rings. The van der Waals surface area contributed by atoms with Gasteiger partial charge in [-0.2, -0.15) is 0 Å². The fourth-order valence-electron chi connectivity index (χ4n) is 7.98. The molecule has 1 N–H and O–H groups in total. The van der Waals surface area contributed by atoms with Crippen molar-refractivity contribution in [3.05, 3.63) is 101 Å². The van der Waals surface area contributed by atoms with Crippen LogP contribution in [0.5, 0.6) is 5.75 Å². The summed E-state index contributed by atoms with van der Waals surface area (Å²) in [4.78, 5) is 40.3. The number of ether oxygens (including phenoxy) is 1. The molecule has 1 saturated heterocycles. The molecule has 1 heterocycles. The van der Waals surface area contributed by atoms with Crippen LogP contribution in [-0.2, 0) is 21.6 Å². The molecule has 41 heavy (non-hydrogen) atoms. The van der Waals surface area contributed by atoms with Crippen LogP contribution in [0.2, 0.25) is 0 Å². The van der Waals surface area contributed by atoms with E-state index in [4.69, 9.17) is 4.74 Å². The summed E-state index contributed by atoms with van der Waals surface area (Å²) in [6.45, 7) is -0.0201. The third-order valence-electron chi connectivity index (χ3n) is 9.44. The molecule has 3 aromatic carbocycles. The number of hydrogen-bond acceptors (Lipinski definition) is 4. The summed E-state index contributed by atoms with van der Waals surface area (Å²) in [7, 11) is 0. The first-order valence-corrected chi connectivity index (χ1v) is 14.4. The van der Waals surface area contributed by atoms with Crippen molar-refractivity contribution in [2.45, 2.75) is 50.5 Å². The summed E-state index contributed by atoms with van der Waals surface area (Å²) < 4.78 is 19.9. The predicted molar refractivity (Wildman–Crippen MR) is 152 cm³/mol. The summed E-state index contributed by atoms with van der Waals surface area (Å²) in [6, 6.07) is 20.2. The minimum absolute atomic E-state index is 0.0201. The second-order valence-corrected chi connectivity index (χ2v) is 12.1. The Balaban J connectivity index is 1.14. The highest BCUT2D eigenvalue weighted by molar-refractivity contribution is 6.39. The molecule has 1 aliphatic heterocycles. The molecule has 8 rings (SSSR count). The van der Waals surface area contributed by atoms with E-state index in [9.17, 15) is 18.8 Å². The van der Waals surface area contributed by atoms with Gasteiger partial charge in [0.25, 0.3) is 11.8 Å². The molecule has 208 valence electrons. The number of benzene rings is 3. The number of para-hydroxylation sites is 1. The normalized spacial score (nSPS) is 27.8. The van der Waals surface area contributed by atoms with Crippen LogP contribution in [0.3, 0.4) is 0 Å². The van der Waals surface area contributed by atoms with E-state index in [2.05, 4.69) is 17.4 Å². The Morgan fingerprint density at radius 3 is 2.17 bits per heavy atom. The zero-order valence-corrected chi connectivity index (χ0v) is 22.6. The molecule has 3 aromatic rings. The Bertz CT molecular complexity index is 1540. The van der Waals surface area contributed by atoms with E-state index < -0.39 is 17.8 Å². The van der Waals surface area contributed by atoms with Gasteiger partial charge in [0, 0.05) is 11.1 Å². The van der Waals surface area contributed by atoms with Crippen molar-refractivity contribution in [1.29, 1.82) is 0 Å². The Labute approximate surface area is 238 Å². The van der Waals surface area contributed by atoms with Gasteiger partial charge in [-0.3, -0.25) is 14.9 Å². The van der Waals surface area contributed by atoms with Gasteiger partial charge >= 0.3 is 6.03 Å². The number of amides is 4. The number of carbonyl (C=O) groups is 3. The lowest BCUT2D eigenvalue weighted by Crippen LogP contribution is -2.54. The van der Waals surface area contributed by atoms with E-state index in [1.807, 2.05) is 12.1 Å². The van der Waals surface area contributed by atoms with Gasteiger partial charge in [0.2, 0.25) is 0 Å². The number of halogens is 1. The van der Waals surface area contributed by atoms with Crippen molar-refractivity contribution >= 4 is 29.6 Å². The van der Waals surface area contributed by atoms with Crippen molar-refractivity contribution in [2.24, 2.45) is 17.8 Å². The van der Waals surface area contributed by atoms with Gasteiger partial charge in [-0.1, -0.05) is 48.5 Å². The lowest BCUT2D eigenvalue weighted by atomic mass is 9.48. The molecule has 4 aliphatic carbocycles. The highest BCUT2D eigenvalue weighted by Gasteiger charge is 2.51. The summed E-state index contributed by atoms with van der Waals surface area (Å²) in [5.41, 5.74) is 2.58. The summed E-state index contributed by atoms with van der Waals surface area (Å²) >= 11 is 0. The minimum Gasteiger partial charge on any atom is -0.488 e. The number of hydrogen-bond donors (Lipinski definition) is 1. The number of carbonyl (C=O) groups excluding carboxylic acids is 3. The first-order valence-electron chi connectivity index (χ1n) is 14.4. The van der Waals surface area contributed by atoms with Crippen LogP contribution in [0.25, 0.3) is 6.08 Å². The number of anilines is 1. The third kappa shape index (κ3) is 4.63. The Morgan fingerprint density at radius 2 is 1.49 bits per heavy atom. The lowest BCUT2D eigenvalue weighted by molar-refractivity contribution is -0.122. The molecular formula is C34H31FN2O4. The number of rotatable bonds is 6. The molecule has 4 saturated carbocycles. The molecule has 0 spiro atoms. The van der Waals surface area contributed by atoms with E-state index in [0.29, 0.717) is 22.6 Å². The zero-order chi connectivity index (χ0) is 28.1. The topological polar surface area (TPSA) is 75.7 Å². The molecule has 0 radical (unpaired) electrons. The van der Waals surface area contributed by atoms with E-state index >= 15 is 0 Å². The second-order valence-electron chi connectivity index (χ2n) is 12.1. The lowest BCUT2D eigenvalue weighted by Gasteiger charge is -2.57. The van der Waals surface area contributed by atoms with Crippen molar-refractivity contribution < 1.29 is 23.5 Å². The van der Waals surface area contributed by atoms with Gasteiger partial charge in [0.15, 0.2) is 0 Å². The number of barbiturate groups is 1. The first kappa shape index (κ1) is 25.7. The Kier molecular flexibility index (Phi) is 6.25. The van der Waals surface area contributed by atoms with Gasteiger partial charge in [0.05, 0.1) is 5.69 Å². The van der Waals surface area contributed by atoms with Gasteiger partial charge in [0.1, 0.15) is 23.7 Å². The second kappa shape index (κ2) is 9.98. The molecule has 0 unspecified atom stereocenters. The fraction of sp³-hybridized carbons (Fsp3) is 0.324. The van der Waals surface area contributed by atoms with Crippen molar-refractivity contribution in [3.8, 4) is 5.75 Å². The summed E-state index contributed by atoms with van der Waals surface area (Å²) in [6.07, 6.45) is 9.17. The van der Waals surface area contributed by atoms with Crippen molar-refractivity contribution in [3.63, 3.8) is 0 Å². The smallest absolute Gasteiger partial charge is 0.335 e. The highest BCUT2D eigenvalue weighted by atomic mass is 19.1. The van der Waals surface area contributed by atoms with Gasteiger partial charge in [-0.15, -0.1) is 0 Å². The maximum absolute atomic E-state index is 14.1. The molecule has 6 nitrogen and oxygen atoms in total. The van der Waals surface area contributed by atoms with Gasteiger partial charge in [-0.05, 0) is 97.6 Å². The standard InChI is InChI=1S/C34H31FN2O4/c35-29-7-3-1-6-25(29)20-41-30-8-4-2-5-24(30)16-28-31(38)36-33(40)37(32(28)39)27-11-9-26(10-12-27)34-17-21-13-22(18-34)15-23(14-21)19-34/h1-12,16,21-23H,13-15,17-20H2,(H,36,38,40)/b28-16+. The maximum Gasteiger partial charge on any atom is 0.335 e. The molecule has 0 aromatic heterocycles. The Hall–Kier alpha value is -4.26. The fourth-order valence-corrected chi connectivity index (χ4v) is 7.98. The molecule has 5 fully saturated rings. The van der Waals surface area contributed by atoms with Crippen molar-refractivity contribution in [1.82, 2.24) is 5.32 Å². The third-order valence-corrected chi connectivity index (χ3v) is 9.44. The van der Waals surface area contributed by atoms with Crippen LogP contribution >= 0.6 is 0 Å². The molecule has 4 bridgehead atoms. The molecule has 4 amide bonds. The average molecular weight is 551 g/mol. The van der Waals surface area contributed by atoms with Crippen LogP contribution < -0.4 is 15.0 Å². The quantitative estimate of drug-likeness (QED) is 0.279. The van der Waals surface area contributed by atoms with Gasteiger partial charge < -0.3 is 4.74 Å². The van der Waals surface area contributed by atoms with Crippen LogP contribution in [0.4, 0.5) is 14.9 Å². The van der Waals surface area contributed by atoms with E-state index in [1.165, 1.54) is 56.2 Å². The highest BCUT2D eigenvalue weighted by Crippen LogP contribution is 2.60. The number of nitrogens with one attached hydrogen (secondary N) is 1. The van der Waals surface area contributed by atoms with Gasteiger partial charge in [-0.25, -0.2) is 14.1 Å². The van der Waals surface area contributed by atoms with E-state index in [-0.39, 0.29) is 23.4 Å².